The molecule has 0 saturated heterocycles. The van der Waals surface area contributed by atoms with Crippen molar-refractivity contribution in [1.82, 2.24) is 0 Å². The Bertz CT molecular complexity index is 2890. The molecular weight excluding hydrogens is 691 g/mol. The molecular formula is C55H37NO. The Labute approximate surface area is 333 Å². The van der Waals surface area contributed by atoms with Crippen molar-refractivity contribution in [3.05, 3.63) is 247 Å². The monoisotopic (exact) mass is 727 g/mol. The number of anilines is 3. The van der Waals surface area contributed by atoms with E-state index in [4.69, 9.17) is 4.74 Å². The molecule has 9 aromatic carbocycles. The standard InChI is InChI=1S/C55H37NO/c1-4-17-38(18-5-1)41-32-34-52(47(36-41)39-19-6-2-7-20-39)56(43-22-8-3-9-23-43)44-24-16-21-40(35-44)42-31-33-51-54(37-42)57-53-30-15-14-29-50(53)55(51)48-27-12-10-25-45(48)46-26-11-13-28-49(46)55/h1-37H. The first kappa shape index (κ1) is 33.0. The molecule has 1 spiro atoms. The van der Waals surface area contributed by atoms with Gasteiger partial charge in [-0.2, -0.15) is 0 Å². The highest BCUT2D eigenvalue weighted by Crippen LogP contribution is 2.62. The van der Waals surface area contributed by atoms with E-state index in [0.29, 0.717) is 0 Å². The third-order valence-electron chi connectivity index (χ3n) is 11.7. The van der Waals surface area contributed by atoms with E-state index in [1.54, 1.807) is 0 Å². The minimum atomic E-state index is -0.485. The first-order valence-electron chi connectivity index (χ1n) is 19.6. The van der Waals surface area contributed by atoms with Gasteiger partial charge in [-0.1, -0.05) is 176 Å². The van der Waals surface area contributed by atoms with Gasteiger partial charge in [0, 0.05) is 28.1 Å². The maximum absolute atomic E-state index is 6.87. The Morgan fingerprint density at radius 2 is 0.807 bits per heavy atom. The lowest BCUT2D eigenvalue weighted by Gasteiger charge is -2.39. The average molecular weight is 728 g/mol. The molecule has 2 nitrogen and oxygen atoms in total. The number of nitrogens with zero attached hydrogens (tertiary/aromatic N) is 1. The second-order valence-electron chi connectivity index (χ2n) is 14.8. The van der Waals surface area contributed by atoms with Crippen LogP contribution < -0.4 is 9.64 Å². The summed E-state index contributed by atoms with van der Waals surface area (Å²) in [6, 6.07) is 80.9. The van der Waals surface area contributed by atoms with Gasteiger partial charge in [-0.05, 0) is 98.6 Å². The molecule has 0 saturated carbocycles. The second kappa shape index (κ2) is 13.4. The molecule has 2 heteroatoms. The van der Waals surface area contributed by atoms with E-state index < -0.39 is 5.41 Å². The van der Waals surface area contributed by atoms with Gasteiger partial charge in [-0.15, -0.1) is 0 Å². The largest absolute Gasteiger partial charge is 0.457 e. The minimum Gasteiger partial charge on any atom is -0.457 e. The highest BCUT2D eigenvalue weighted by atomic mass is 16.5. The third-order valence-corrected chi connectivity index (χ3v) is 11.7. The van der Waals surface area contributed by atoms with Gasteiger partial charge in [-0.25, -0.2) is 0 Å². The lowest BCUT2D eigenvalue weighted by atomic mass is 9.66. The van der Waals surface area contributed by atoms with Crippen molar-refractivity contribution in [2.75, 3.05) is 4.90 Å². The summed E-state index contributed by atoms with van der Waals surface area (Å²) in [5.74, 6) is 1.77. The van der Waals surface area contributed by atoms with Gasteiger partial charge in [0.05, 0.1) is 11.1 Å². The molecule has 0 amide bonds. The van der Waals surface area contributed by atoms with E-state index in [9.17, 15) is 0 Å². The molecule has 0 bridgehead atoms. The molecule has 2 aliphatic rings. The molecule has 1 aliphatic carbocycles. The molecule has 0 fully saturated rings. The fourth-order valence-electron chi connectivity index (χ4n) is 9.26. The summed E-state index contributed by atoms with van der Waals surface area (Å²) in [5, 5.41) is 0. The highest BCUT2D eigenvalue weighted by molar-refractivity contribution is 5.92. The van der Waals surface area contributed by atoms with Crippen LogP contribution in [0.5, 0.6) is 11.5 Å². The number of para-hydroxylation sites is 2. The van der Waals surface area contributed by atoms with Crippen LogP contribution in [0.25, 0.3) is 44.5 Å². The molecule has 1 heterocycles. The van der Waals surface area contributed by atoms with Crippen LogP contribution in [0.4, 0.5) is 17.1 Å². The number of fused-ring (bicyclic) bond motifs is 9. The van der Waals surface area contributed by atoms with Gasteiger partial charge in [0.1, 0.15) is 11.5 Å². The second-order valence-corrected chi connectivity index (χ2v) is 14.8. The van der Waals surface area contributed by atoms with Crippen molar-refractivity contribution in [3.8, 4) is 56.0 Å². The van der Waals surface area contributed by atoms with Gasteiger partial charge in [0.25, 0.3) is 0 Å². The van der Waals surface area contributed by atoms with Crippen molar-refractivity contribution in [2.45, 2.75) is 5.41 Å². The van der Waals surface area contributed by atoms with Gasteiger partial charge in [0.15, 0.2) is 0 Å². The summed E-state index contributed by atoms with van der Waals surface area (Å²) in [6.45, 7) is 0. The SMILES string of the molecule is c1ccc(-c2ccc(N(c3ccccc3)c3cccc(-c4ccc5c(c4)Oc4ccccc4C54c5ccccc5-c5ccccc54)c3)c(-c3ccccc3)c2)cc1. The van der Waals surface area contributed by atoms with E-state index >= 15 is 0 Å². The Morgan fingerprint density at radius 3 is 1.53 bits per heavy atom. The summed E-state index contributed by atoms with van der Waals surface area (Å²) in [7, 11) is 0. The zero-order chi connectivity index (χ0) is 37.8. The summed E-state index contributed by atoms with van der Waals surface area (Å²) in [5.41, 5.74) is 17.2. The molecule has 0 unspecified atom stereocenters. The number of ether oxygens (including phenoxy) is 1. The van der Waals surface area contributed by atoms with E-state index in [1.165, 1.54) is 44.5 Å². The predicted molar refractivity (Wildman–Crippen MR) is 235 cm³/mol. The minimum absolute atomic E-state index is 0.485. The van der Waals surface area contributed by atoms with Crippen molar-refractivity contribution in [1.29, 1.82) is 0 Å². The van der Waals surface area contributed by atoms with Crippen molar-refractivity contribution in [3.63, 3.8) is 0 Å². The molecule has 0 aromatic heterocycles. The van der Waals surface area contributed by atoms with Gasteiger partial charge >= 0.3 is 0 Å². The van der Waals surface area contributed by atoms with Crippen LogP contribution in [0.15, 0.2) is 224 Å². The van der Waals surface area contributed by atoms with Crippen molar-refractivity contribution in [2.24, 2.45) is 0 Å². The molecule has 57 heavy (non-hydrogen) atoms. The van der Waals surface area contributed by atoms with E-state index in [2.05, 4.69) is 229 Å². The zero-order valence-electron chi connectivity index (χ0n) is 31.2. The first-order valence-corrected chi connectivity index (χ1v) is 19.6. The van der Waals surface area contributed by atoms with Crippen LogP contribution in [-0.2, 0) is 5.41 Å². The normalized spacial score (nSPS) is 12.8. The molecule has 0 atom stereocenters. The van der Waals surface area contributed by atoms with E-state index in [0.717, 1.165) is 50.8 Å². The van der Waals surface area contributed by atoms with E-state index in [-0.39, 0.29) is 0 Å². The summed E-state index contributed by atoms with van der Waals surface area (Å²) < 4.78 is 6.87. The quantitative estimate of drug-likeness (QED) is 0.169. The zero-order valence-corrected chi connectivity index (χ0v) is 31.2. The first-order chi connectivity index (χ1) is 28.3. The van der Waals surface area contributed by atoms with Crippen molar-refractivity contribution >= 4 is 17.1 Å². The molecule has 0 radical (unpaired) electrons. The topological polar surface area (TPSA) is 12.5 Å². The van der Waals surface area contributed by atoms with Crippen LogP contribution in [0.1, 0.15) is 22.3 Å². The maximum atomic E-state index is 6.87. The number of rotatable bonds is 6. The highest BCUT2D eigenvalue weighted by Gasteiger charge is 2.50. The average Bonchev–Trinajstić information content (AvgIpc) is 3.58. The summed E-state index contributed by atoms with van der Waals surface area (Å²) >= 11 is 0. The summed E-state index contributed by atoms with van der Waals surface area (Å²) in [6.07, 6.45) is 0. The molecule has 9 aromatic rings. The Kier molecular flexibility index (Phi) is 7.75. The third kappa shape index (κ3) is 5.26. The fourth-order valence-corrected chi connectivity index (χ4v) is 9.26. The Hall–Kier alpha value is -7.42. The number of hydrogen-bond acceptors (Lipinski definition) is 2. The molecule has 11 rings (SSSR count). The molecule has 1 aliphatic heterocycles. The maximum Gasteiger partial charge on any atom is 0.132 e. The summed E-state index contributed by atoms with van der Waals surface area (Å²) in [4.78, 5) is 2.38. The Morgan fingerprint density at radius 1 is 0.298 bits per heavy atom. The van der Waals surface area contributed by atoms with Gasteiger partial charge in [0.2, 0.25) is 0 Å². The van der Waals surface area contributed by atoms with Crippen LogP contribution in [0.2, 0.25) is 0 Å². The fraction of sp³-hybridized carbons (Fsp3) is 0.0182. The lowest BCUT2D eigenvalue weighted by Crippen LogP contribution is -2.32. The van der Waals surface area contributed by atoms with Crippen LogP contribution in [-0.4, -0.2) is 0 Å². The predicted octanol–water partition coefficient (Wildman–Crippen LogP) is 14.6. The van der Waals surface area contributed by atoms with E-state index in [1.807, 2.05) is 0 Å². The number of hydrogen-bond donors (Lipinski definition) is 0. The van der Waals surface area contributed by atoms with Gasteiger partial charge in [-0.3, -0.25) is 0 Å². The van der Waals surface area contributed by atoms with Crippen LogP contribution >= 0.6 is 0 Å². The van der Waals surface area contributed by atoms with Crippen LogP contribution in [0, 0.1) is 0 Å². The smallest absolute Gasteiger partial charge is 0.132 e. The Balaban J connectivity index is 1.07. The van der Waals surface area contributed by atoms with Crippen molar-refractivity contribution < 1.29 is 4.74 Å². The van der Waals surface area contributed by atoms with Gasteiger partial charge < -0.3 is 9.64 Å². The molecule has 0 N–H and O–H groups in total. The number of benzene rings is 9. The lowest BCUT2D eigenvalue weighted by molar-refractivity contribution is 0.436. The molecule has 268 valence electrons. The van der Waals surface area contributed by atoms with Crippen LogP contribution in [0.3, 0.4) is 0 Å².